The Morgan fingerprint density at radius 2 is 1.75 bits per heavy atom. The molecule has 20 heavy (non-hydrogen) atoms. The van der Waals surface area contributed by atoms with Crippen molar-refractivity contribution in [2.75, 3.05) is 5.43 Å². The van der Waals surface area contributed by atoms with Crippen molar-refractivity contribution >= 4 is 5.82 Å². The smallest absolute Gasteiger partial charge is 0.143 e. The maximum atomic E-state index is 5.51. The summed E-state index contributed by atoms with van der Waals surface area (Å²) in [6.07, 6.45) is 1.89. The van der Waals surface area contributed by atoms with Crippen molar-refractivity contribution in [2.24, 2.45) is 5.84 Å². The van der Waals surface area contributed by atoms with Crippen LogP contribution in [0, 0.1) is 6.92 Å². The maximum absolute atomic E-state index is 5.51. The van der Waals surface area contributed by atoms with Gasteiger partial charge in [0.2, 0.25) is 0 Å². The Labute approximate surface area is 120 Å². The van der Waals surface area contributed by atoms with Crippen LogP contribution in [0.1, 0.15) is 43.8 Å². The highest BCUT2D eigenvalue weighted by molar-refractivity contribution is 5.39. The van der Waals surface area contributed by atoms with Crippen LogP contribution in [0.3, 0.4) is 0 Å². The third-order valence-electron chi connectivity index (χ3n) is 3.96. The van der Waals surface area contributed by atoms with Crippen LogP contribution in [0.4, 0.5) is 5.82 Å². The summed E-state index contributed by atoms with van der Waals surface area (Å²) in [6, 6.07) is 12.3. The Balaban J connectivity index is 2.62. The van der Waals surface area contributed by atoms with Gasteiger partial charge in [0.1, 0.15) is 11.6 Å². The first kappa shape index (κ1) is 14.5. The van der Waals surface area contributed by atoms with Gasteiger partial charge in [-0.3, -0.25) is 0 Å². The highest BCUT2D eigenvalue weighted by Crippen LogP contribution is 2.37. The molecule has 4 nitrogen and oxygen atoms in total. The number of benzene rings is 1. The van der Waals surface area contributed by atoms with E-state index < -0.39 is 0 Å². The average molecular weight is 270 g/mol. The summed E-state index contributed by atoms with van der Waals surface area (Å²) < 4.78 is 0. The summed E-state index contributed by atoms with van der Waals surface area (Å²) in [5, 5.41) is 0. The van der Waals surface area contributed by atoms with Crippen LogP contribution in [0.15, 0.2) is 36.4 Å². The van der Waals surface area contributed by atoms with Gasteiger partial charge >= 0.3 is 0 Å². The first-order valence-corrected chi connectivity index (χ1v) is 7.04. The molecule has 0 aliphatic rings. The zero-order valence-electron chi connectivity index (χ0n) is 12.4. The molecule has 0 fully saturated rings. The normalized spacial score (nSPS) is 11.4. The first-order chi connectivity index (χ1) is 9.66. The van der Waals surface area contributed by atoms with Crippen molar-refractivity contribution in [3.05, 3.63) is 53.5 Å². The zero-order valence-corrected chi connectivity index (χ0v) is 12.4. The molecule has 0 saturated heterocycles. The van der Waals surface area contributed by atoms with E-state index in [0.717, 1.165) is 24.4 Å². The zero-order chi connectivity index (χ0) is 14.6. The van der Waals surface area contributed by atoms with Crippen LogP contribution in [0.2, 0.25) is 0 Å². The molecule has 0 unspecified atom stereocenters. The van der Waals surface area contributed by atoms with Crippen LogP contribution in [0.25, 0.3) is 0 Å². The van der Waals surface area contributed by atoms with Crippen molar-refractivity contribution in [3.8, 4) is 0 Å². The fraction of sp³-hybridized carbons (Fsp3) is 0.375. The number of nitrogens with zero attached hydrogens (tertiary/aromatic N) is 2. The van der Waals surface area contributed by atoms with E-state index in [0.29, 0.717) is 5.82 Å². The molecule has 4 heteroatoms. The van der Waals surface area contributed by atoms with Crippen molar-refractivity contribution in [1.29, 1.82) is 0 Å². The molecule has 2 aromatic rings. The lowest BCUT2D eigenvalue weighted by atomic mass is 9.75. The van der Waals surface area contributed by atoms with E-state index in [1.807, 2.05) is 19.1 Å². The van der Waals surface area contributed by atoms with E-state index in [1.54, 1.807) is 0 Å². The summed E-state index contributed by atoms with van der Waals surface area (Å²) in [4.78, 5) is 9.26. The number of nitrogen functional groups attached to an aromatic ring is 1. The molecule has 0 spiro atoms. The van der Waals surface area contributed by atoms with E-state index in [9.17, 15) is 0 Å². The molecule has 0 aliphatic carbocycles. The molecule has 0 bridgehead atoms. The summed E-state index contributed by atoms with van der Waals surface area (Å²) in [5.74, 6) is 7.01. The molecule has 0 amide bonds. The SMILES string of the molecule is CCC(CC)(c1ccccc1)c1nc(C)cc(NN)n1. The Kier molecular flexibility index (Phi) is 4.35. The second kappa shape index (κ2) is 6.01. The minimum atomic E-state index is -0.168. The van der Waals surface area contributed by atoms with Gasteiger partial charge in [-0.1, -0.05) is 44.2 Å². The minimum absolute atomic E-state index is 0.168. The van der Waals surface area contributed by atoms with Crippen LogP contribution < -0.4 is 11.3 Å². The number of nitrogens with one attached hydrogen (secondary N) is 1. The Morgan fingerprint density at radius 3 is 2.30 bits per heavy atom. The van der Waals surface area contributed by atoms with Crippen molar-refractivity contribution in [1.82, 2.24) is 9.97 Å². The van der Waals surface area contributed by atoms with Crippen molar-refractivity contribution in [3.63, 3.8) is 0 Å². The molecular formula is C16H22N4. The monoisotopic (exact) mass is 270 g/mol. The van der Waals surface area contributed by atoms with Crippen LogP contribution in [-0.4, -0.2) is 9.97 Å². The number of nitrogens with two attached hydrogens (primary N) is 1. The van der Waals surface area contributed by atoms with E-state index in [4.69, 9.17) is 5.84 Å². The highest BCUT2D eigenvalue weighted by atomic mass is 15.3. The molecule has 1 aromatic carbocycles. The summed E-state index contributed by atoms with van der Waals surface area (Å²) in [5.41, 5.74) is 4.63. The van der Waals surface area contributed by atoms with Gasteiger partial charge in [0.05, 0.1) is 5.41 Å². The molecule has 1 aromatic heterocycles. The Morgan fingerprint density at radius 1 is 1.10 bits per heavy atom. The molecule has 0 aliphatic heterocycles. The second-order valence-electron chi connectivity index (χ2n) is 5.02. The van der Waals surface area contributed by atoms with Gasteiger partial charge in [0, 0.05) is 11.8 Å². The van der Waals surface area contributed by atoms with E-state index in [2.05, 4.69) is 53.5 Å². The fourth-order valence-corrected chi connectivity index (χ4v) is 2.72. The lowest BCUT2D eigenvalue weighted by Crippen LogP contribution is -2.29. The summed E-state index contributed by atoms with van der Waals surface area (Å²) in [6.45, 7) is 6.32. The Hall–Kier alpha value is -1.94. The molecule has 2 rings (SSSR count). The summed E-state index contributed by atoms with van der Waals surface area (Å²) >= 11 is 0. The maximum Gasteiger partial charge on any atom is 0.143 e. The van der Waals surface area contributed by atoms with Gasteiger partial charge in [-0.15, -0.1) is 0 Å². The highest BCUT2D eigenvalue weighted by Gasteiger charge is 2.34. The molecule has 0 radical (unpaired) electrons. The van der Waals surface area contributed by atoms with Gasteiger partial charge < -0.3 is 5.43 Å². The minimum Gasteiger partial charge on any atom is -0.308 e. The quantitative estimate of drug-likeness (QED) is 0.647. The fourth-order valence-electron chi connectivity index (χ4n) is 2.72. The number of aryl methyl sites for hydroxylation is 1. The van der Waals surface area contributed by atoms with E-state index in [-0.39, 0.29) is 5.41 Å². The molecule has 1 heterocycles. The second-order valence-corrected chi connectivity index (χ2v) is 5.02. The van der Waals surface area contributed by atoms with Gasteiger partial charge in [-0.25, -0.2) is 15.8 Å². The van der Waals surface area contributed by atoms with Crippen molar-refractivity contribution < 1.29 is 0 Å². The van der Waals surface area contributed by atoms with Gasteiger partial charge in [0.15, 0.2) is 0 Å². The largest absolute Gasteiger partial charge is 0.308 e. The molecular weight excluding hydrogens is 248 g/mol. The predicted molar refractivity (Wildman–Crippen MR) is 82.4 cm³/mol. The predicted octanol–water partition coefficient (Wildman–Crippen LogP) is 3.18. The average Bonchev–Trinajstić information content (AvgIpc) is 2.49. The molecule has 3 N–H and O–H groups in total. The first-order valence-electron chi connectivity index (χ1n) is 7.04. The van der Waals surface area contributed by atoms with Crippen LogP contribution >= 0.6 is 0 Å². The number of hydrogen-bond donors (Lipinski definition) is 2. The number of aromatic nitrogens is 2. The lowest BCUT2D eigenvalue weighted by molar-refractivity contribution is 0.448. The number of rotatable bonds is 5. The summed E-state index contributed by atoms with van der Waals surface area (Å²) in [7, 11) is 0. The lowest BCUT2D eigenvalue weighted by Gasteiger charge is -2.31. The Bertz CT molecular complexity index is 562. The van der Waals surface area contributed by atoms with Gasteiger partial charge in [-0.05, 0) is 25.3 Å². The van der Waals surface area contributed by atoms with Gasteiger partial charge in [0.25, 0.3) is 0 Å². The standard InChI is InChI=1S/C16H22N4/c1-4-16(5-2,13-9-7-6-8-10-13)15-18-12(3)11-14(19-15)20-17/h6-11H,4-5,17H2,1-3H3,(H,18,19,20). The molecule has 0 saturated carbocycles. The number of hydrazine groups is 1. The van der Waals surface area contributed by atoms with Gasteiger partial charge in [-0.2, -0.15) is 0 Å². The van der Waals surface area contributed by atoms with Crippen LogP contribution in [-0.2, 0) is 5.41 Å². The topological polar surface area (TPSA) is 63.8 Å². The molecule has 106 valence electrons. The van der Waals surface area contributed by atoms with Crippen molar-refractivity contribution in [2.45, 2.75) is 39.0 Å². The molecule has 0 atom stereocenters. The number of hydrogen-bond acceptors (Lipinski definition) is 4. The third kappa shape index (κ3) is 2.51. The van der Waals surface area contributed by atoms with E-state index in [1.165, 1.54) is 5.56 Å². The van der Waals surface area contributed by atoms with Crippen LogP contribution in [0.5, 0.6) is 0 Å². The third-order valence-corrected chi connectivity index (χ3v) is 3.96. The van der Waals surface area contributed by atoms with E-state index >= 15 is 0 Å². The number of anilines is 1.